The van der Waals surface area contributed by atoms with Crippen molar-refractivity contribution in [1.29, 1.82) is 0 Å². The first kappa shape index (κ1) is 16.9. The molecule has 1 rings (SSSR count). The predicted octanol–water partition coefficient (Wildman–Crippen LogP) is 0.604. The molecule has 1 aromatic carbocycles. The highest BCUT2D eigenvalue weighted by Crippen LogP contribution is 2.08. The van der Waals surface area contributed by atoms with E-state index in [4.69, 9.17) is 9.84 Å². The monoisotopic (exact) mass is 302 g/mol. The Labute approximate surface area is 120 Å². The number of nitrogens with one attached hydrogen (secondary N) is 1. The summed E-state index contributed by atoms with van der Waals surface area (Å²) in [6, 6.07) is 9.38. The minimum absolute atomic E-state index is 0.0230. The van der Waals surface area contributed by atoms with Crippen molar-refractivity contribution >= 4 is 10.2 Å². The molecule has 0 unspecified atom stereocenters. The number of aliphatic hydroxyl groups is 1. The first-order valence-corrected chi connectivity index (χ1v) is 8.00. The van der Waals surface area contributed by atoms with Gasteiger partial charge in [0, 0.05) is 26.7 Å². The van der Waals surface area contributed by atoms with Gasteiger partial charge in [0.15, 0.2) is 0 Å². The van der Waals surface area contributed by atoms with Crippen molar-refractivity contribution in [1.82, 2.24) is 9.03 Å². The topological polar surface area (TPSA) is 78.9 Å². The van der Waals surface area contributed by atoms with E-state index in [9.17, 15) is 8.42 Å². The normalized spacial score (nSPS) is 11.8. The van der Waals surface area contributed by atoms with Gasteiger partial charge in [0.25, 0.3) is 10.2 Å². The van der Waals surface area contributed by atoms with Crippen molar-refractivity contribution < 1.29 is 18.3 Å². The Kier molecular flexibility index (Phi) is 7.53. The van der Waals surface area contributed by atoms with E-state index in [0.29, 0.717) is 32.5 Å². The Morgan fingerprint density at radius 1 is 1.25 bits per heavy atom. The summed E-state index contributed by atoms with van der Waals surface area (Å²) >= 11 is 0. The zero-order chi connectivity index (χ0) is 14.8. The van der Waals surface area contributed by atoms with Crippen molar-refractivity contribution in [2.45, 2.75) is 12.8 Å². The van der Waals surface area contributed by atoms with E-state index >= 15 is 0 Å². The molecule has 0 aromatic heterocycles. The van der Waals surface area contributed by atoms with Gasteiger partial charge in [-0.25, -0.2) is 4.72 Å². The van der Waals surface area contributed by atoms with Gasteiger partial charge in [0.2, 0.25) is 0 Å². The molecule has 0 aliphatic carbocycles. The Hall–Kier alpha value is -1.15. The number of ether oxygens (including phenoxy) is 1. The Morgan fingerprint density at radius 3 is 2.60 bits per heavy atom. The number of aliphatic hydroxyl groups excluding tert-OH is 1. The third kappa shape index (κ3) is 6.33. The SMILES string of the molecule is CN(CCCO)S(=O)(=O)NCCCOc1ccccc1. The largest absolute Gasteiger partial charge is 0.494 e. The first-order chi connectivity index (χ1) is 9.56. The van der Waals surface area contributed by atoms with Crippen LogP contribution in [0.3, 0.4) is 0 Å². The molecule has 0 atom stereocenters. The number of rotatable bonds is 10. The maximum Gasteiger partial charge on any atom is 0.279 e. The zero-order valence-electron chi connectivity index (χ0n) is 11.7. The second kappa shape index (κ2) is 8.91. The van der Waals surface area contributed by atoms with Gasteiger partial charge in [-0.15, -0.1) is 0 Å². The second-order valence-corrected chi connectivity index (χ2v) is 6.18. The van der Waals surface area contributed by atoms with Gasteiger partial charge < -0.3 is 9.84 Å². The lowest BCUT2D eigenvalue weighted by Gasteiger charge is -2.17. The fourth-order valence-corrected chi connectivity index (χ4v) is 2.50. The molecule has 0 heterocycles. The van der Waals surface area contributed by atoms with Crippen LogP contribution in [-0.2, 0) is 10.2 Å². The van der Waals surface area contributed by atoms with Gasteiger partial charge in [-0.1, -0.05) is 18.2 Å². The van der Waals surface area contributed by atoms with E-state index in [1.807, 2.05) is 30.3 Å². The fraction of sp³-hybridized carbons (Fsp3) is 0.538. The Bertz CT molecular complexity index is 465. The van der Waals surface area contributed by atoms with E-state index in [1.165, 1.54) is 11.4 Å². The molecule has 7 heteroatoms. The van der Waals surface area contributed by atoms with Crippen molar-refractivity contribution in [3.63, 3.8) is 0 Å². The number of hydrogen-bond donors (Lipinski definition) is 2. The average Bonchev–Trinajstić information content (AvgIpc) is 2.45. The second-order valence-electron chi connectivity index (χ2n) is 4.31. The summed E-state index contributed by atoms with van der Waals surface area (Å²) in [7, 11) is -1.98. The lowest BCUT2D eigenvalue weighted by Crippen LogP contribution is -2.39. The third-order valence-electron chi connectivity index (χ3n) is 2.66. The minimum atomic E-state index is -3.46. The molecular weight excluding hydrogens is 280 g/mol. The summed E-state index contributed by atoms with van der Waals surface area (Å²) in [6.07, 6.45) is 1.01. The van der Waals surface area contributed by atoms with Crippen LogP contribution < -0.4 is 9.46 Å². The van der Waals surface area contributed by atoms with Gasteiger partial charge in [-0.3, -0.25) is 0 Å². The molecule has 2 N–H and O–H groups in total. The lowest BCUT2D eigenvalue weighted by atomic mass is 10.3. The van der Waals surface area contributed by atoms with Crippen molar-refractivity contribution in [2.75, 3.05) is 33.4 Å². The highest BCUT2D eigenvalue weighted by atomic mass is 32.2. The smallest absolute Gasteiger partial charge is 0.279 e. The molecule has 0 radical (unpaired) electrons. The molecule has 114 valence electrons. The van der Waals surface area contributed by atoms with Crippen LogP contribution in [0, 0.1) is 0 Å². The van der Waals surface area contributed by atoms with Gasteiger partial charge in [-0.05, 0) is 25.0 Å². The molecule has 1 aromatic rings. The van der Waals surface area contributed by atoms with Gasteiger partial charge in [-0.2, -0.15) is 12.7 Å². The number of benzene rings is 1. The Morgan fingerprint density at radius 2 is 1.95 bits per heavy atom. The van der Waals surface area contributed by atoms with E-state index in [0.717, 1.165) is 5.75 Å². The summed E-state index contributed by atoms with van der Waals surface area (Å²) in [5.74, 6) is 0.774. The molecule has 0 bridgehead atoms. The van der Waals surface area contributed by atoms with Crippen molar-refractivity contribution in [3.05, 3.63) is 30.3 Å². The van der Waals surface area contributed by atoms with E-state index < -0.39 is 10.2 Å². The predicted molar refractivity (Wildman–Crippen MR) is 77.8 cm³/mol. The zero-order valence-corrected chi connectivity index (χ0v) is 12.5. The van der Waals surface area contributed by atoms with Crippen LogP contribution in [-0.4, -0.2) is 51.2 Å². The van der Waals surface area contributed by atoms with Crippen LogP contribution in [0.15, 0.2) is 30.3 Å². The van der Waals surface area contributed by atoms with Crippen LogP contribution >= 0.6 is 0 Å². The number of nitrogens with zero attached hydrogens (tertiary/aromatic N) is 1. The molecule has 0 amide bonds. The van der Waals surface area contributed by atoms with Crippen LogP contribution in [0.2, 0.25) is 0 Å². The quantitative estimate of drug-likeness (QED) is 0.621. The first-order valence-electron chi connectivity index (χ1n) is 6.56. The molecular formula is C13H22N2O4S. The average molecular weight is 302 g/mol. The van der Waals surface area contributed by atoms with Gasteiger partial charge in [0.1, 0.15) is 5.75 Å². The van der Waals surface area contributed by atoms with E-state index in [1.54, 1.807) is 0 Å². The Balaban J connectivity index is 2.20. The van der Waals surface area contributed by atoms with Crippen LogP contribution in [0.1, 0.15) is 12.8 Å². The maximum absolute atomic E-state index is 11.8. The van der Waals surface area contributed by atoms with Gasteiger partial charge >= 0.3 is 0 Å². The highest BCUT2D eigenvalue weighted by Gasteiger charge is 2.15. The molecule has 0 saturated heterocycles. The molecule has 0 saturated carbocycles. The summed E-state index contributed by atoms with van der Waals surface area (Å²) in [5.41, 5.74) is 0. The summed E-state index contributed by atoms with van der Waals surface area (Å²) in [5, 5.41) is 8.68. The molecule has 20 heavy (non-hydrogen) atoms. The summed E-state index contributed by atoms with van der Waals surface area (Å²) in [6.45, 7) is 1.04. The maximum atomic E-state index is 11.8. The van der Waals surface area contributed by atoms with E-state index in [-0.39, 0.29) is 6.61 Å². The third-order valence-corrected chi connectivity index (χ3v) is 4.23. The van der Waals surface area contributed by atoms with Gasteiger partial charge in [0.05, 0.1) is 6.61 Å². The van der Waals surface area contributed by atoms with Crippen LogP contribution in [0.5, 0.6) is 5.75 Å². The summed E-state index contributed by atoms with van der Waals surface area (Å²) in [4.78, 5) is 0. The lowest BCUT2D eigenvalue weighted by molar-refractivity contribution is 0.275. The number of para-hydroxylation sites is 1. The molecule has 0 fully saturated rings. The highest BCUT2D eigenvalue weighted by molar-refractivity contribution is 7.87. The van der Waals surface area contributed by atoms with Crippen LogP contribution in [0.25, 0.3) is 0 Å². The standard InChI is InChI=1S/C13H22N2O4S/c1-15(10-6-11-16)20(17,18)14-9-5-12-19-13-7-3-2-4-8-13/h2-4,7-8,14,16H,5-6,9-12H2,1H3. The number of hydrogen-bond acceptors (Lipinski definition) is 4. The van der Waals surface area contributed by atoms with Crippen LogP contribution in [0.4, 0.5) is 0 Å². The molecule has 0 aliphatic rings. The molecule has 0 aliphatic heterocycles. The molecule has 6 nitrogen and oxygen atoms in total. The van der Waals surface area contributed by atoms with Crippen molar-refractivity contribution in [3.8, 4) is 5.75 Å². The van der Waals surface area contributed by atoms with E-state index in [2.05, 4.69) is 4.72 Å². The summed E-state index contributed by atoms with van der Waals surface area (Å²) < 4.78 is 32.7. The minimum Gasteiger partial charge on any atom is -0.494 e. The van der Waals surface area contributed by atoms with Crippen molar-refractivity contribution in [2.24, 2.45) is 0 Å². The molecule has 0 spiro atoms. The fourth-order valence-electron chi connectivity index (χ4n) is 1.50.